The van der Waals surface area contributed by atoms with Gasteiger partial charge in [0.2, 0.25) is 0 Å². The molecule has 0 aliphatic heterocycles. The highest BCUT2D eigenvalue weighted by Crippen LogP contribution is 2.45. The van der Waals surface area contributed by atoms with E-state index in [4.69, 9.17) is 28.4 Å². The van der Waals surface area contributed by atoms with Gasteiger partial charge in [0, 0.05) is 22.1 Å². The number of rotatable bonds is 13. The van der Waals surface area contributed by atoms with Crippen molar-refractivity contribution in [3.8, 4) is 28.4 Å². The largest absolute Gasteiger partial charge is 0.497 e. The Morgan fingerprint density at radius 2 is 1.64 bits per heavy atom. The molecule has 0 aromatic heterocycles. The first-order valence-electron chi connectivity index (χ1n) is 13.7. The zero-order valence-electron chi connectivity index (χ0n) is 26.0. The number of nitrogens with one attached hydrogen (secondary N) is 1. The van der Waals surface area contributed by atoms with Gasteiger partial charge in [0.15, 0.2) is 6.04 Å². The lowest BCUT2D eigenvalue weighted by Crippen LogP contribution is -2.38. The van der Waals surface area contributed by atoms with Crippen molar-refractivity contribution in [1.29, 1.82) is 0 Å². The molecule has 0 fully saturated rings. The van der Waals surface area contributed by atoms with Gasteiger partial charge in [-0.05, 0) is 61.2 Å². The summed E-state index contributed by atoms with van der Waals surface area (Å²) in [6.45, 7) is 5.48. The molecule has 0 heterocycles. The lowest BCUT2D eigenvalue weighted by molar-refractivity contribution is -0.143. The van der Waals surface area contributed by atoms with Crippen LogP contribution in [0, 0.1) is 0 Å². The summed E-state index contributed by atoms with van der Waals surface area (Å²) in [6.07, 6.45) is -0.799. The number of esters is 1. The molecule has 0 spiro atoms. The molecule has 12 nitrogen and oxygen atoms in total. The standard InChI is InChI=1S/C32H38N4O8/c1-32(2,3)44-31(38)34-29(30(37)42-7)21-13-14-26(40-5)24(15-21)28-23(16-22(39-4)17-27(28)41-6)25(35-36-33)19-43-18-20-11-9-8-10-12-20/h8-17,25,29H,18-19H2,1-7H3,(H,34,38)/t25-,29-/m1/s1. The van der Waals surface area contributed by atoms with Crippen LogP contribution in [-0.4, -0.2) is 52.7 Å². The van der Waals surface area contributed by atoms with E-state index in [2.05, 4.69) is 15.3 Å². The fourth-order valence-electron chi connectivity index (χ4n) is 4.47. The maximum absolute atomic E-state index is 12.9. The van der Waals surface area contributed by atoms with E-state index in [-0.39, 0.29) is 6.61 Å². The second-order valence-corrected chi connectivity index (χ2v) is 10.6. The Balaban J connectivity index is 2.17. The number of methoxy groups -OCH3 is 4. The minimum atomic E-state index is -1.21. The van der Waals surface area contributed by atoms with Gasteiger partial charge in [0.05, 0.1) is 47.7 Å². The molecule has 0 aliphatic carbocycles. The number of azide groups is 1. The van der Waals surface area contributed by atoms with E-state index in [1.54, 1.807) is 51.1 Å². The van der Waals surface area contributed by atoms with E-state index in [0.29, 0.717) is 46.1 Å². The highest BCUT2D eigenvalue weighted by molar-refractivity contribution is 5.85. The Kier molecular flexibility index (Phi) is 11.8. The van der Waals surface area contributed by atoms with Crippen molar-refractivity contribution in [1.82, 2.24) is 5.32 Å². The summed E-state index contributed by atoms with van der Waals surface area (Å²) in [7, 11) is 5.73. The van der Waals surface area contributed by atoms with Crippen LogP contribution < -0.4 is 19.5 Å². The SMILES string of the molecule is COC(=O)[C@H](NC(=O)OC(C)(C)C)c1ccc(OC)c(-c2c(OC)cc(OC)cc2[C@@H](COCc2ccccc2)N=[N+]=[N-])c1. The Morgan fingerprint density at radius 3 is 2.23 bits per heavy atom. The Morgan fingerprint density at radius 1 is 0.932 bits per heavy atom. The topological polar surface area (TPSA) is 150 Å². The summed E-state index contributed by atoms with van der Waals surface area (Å²) < 4.78 is 33.4. The van der Waals surface area contributed by atoms with Crippen molar-refractivity contribution in [2.24, 2.45) is 5.11 Å². The average Bonchev–Trinajstić information content (AvgIpc) is 3.01. The van der Waals surface area contributed by atoms with Crippen LogP contribution in [0.15, 0.2) is 65.8 Å². The second kappa shape index (κ2) is 15.5. The molecular formula is C32H38N4O8. The molecular weight excluding hydrogens is 568 g/mol. The molecule has 1 N–H and O–H groups in total. The van der Waals surface area contributed by atoms with Gasteiger partial charge in [-0.25, -0.2) is 9.59 Å². The van der Waals surface area contributed by atoms with Crippen LogP contribution in [0.2, 0.25) is 0 Å². The minimum Gasteiger partial charge on any atom is -0.497 e. The minimum absolute atomic E-state index is 0.0370. The number of carbonyl (C=O) groups excluding carboxylic acids is 2. The van der Waals surface area contributed by atoms with Gasteiger partial charge in [-0.3, -0.25) is 0 Å². The quantitative estimate of drug-likeness (QED) is 0.0979. The smallest absolute Gasteiger partial charge is 0.408 e. The fraction of sp³-hybridized carbons (Fsp3) is 0.375. The number of nitrogens with zero attached hydrogens (tertiary/aromatic N) is 3. The molecule has 44 heavy (non-hydrogen) atoms. The molecule has 1 amide bonds. The zero-order chi connectivity index (χ0) is 32.3. The third-order valence-electron chi connectivity index (χ3n) is 6.42. The number of carbonyl (C=O) groups is 2. The van der Waals surface area contributed by atoms with Gasteiger partial charge in [0.25, 0.3) is 0 Å². The van der Waals surface area contributed by atoms with Gasteiger partial charge in [-0.2, -0.15) is 0 Å². The van der Waals surface area contributed by atoms with E-state index in [1.807, 2.05) is 30.3 Å². The molecule has 0 radical (unpaired) electrons. The van der Waals surface area contributed by atoms with Gasteiger partial charge in [-0.1, -0.05) is 41.5 Å². The summed E-state index contributed by atoms with van der Waals surface area (Å²) in [6, 6.07) is 15.9. The number of hydrogen-bond acceptors (Lipinski definition) is 9. The van der Waals surface area contributed by atoms with Gasteiger partial charge in [0.1, 0.15) is 22.8 Å². The molecule has 0 saturated carbocycles. The van der Waals surface area contributed by atoms with Crippen LogP contribution in [0.3, 0.4) is 0 Å². The lowest BCUT2D eigenvalue weighted by Gasteiger charge is -2.24. The van der Waals surface area contributed by atoms with E-state index in [1.165, 1.54) is 28.4 Å². The van der Waals surface area contributed by atoms with Crippen molar-refractivity contribution in [3.63, 3.8) is 0 Å². The Labute approximate surface area is 256 Å². The summed E-state index contributed by atoms with van der Waals surface area (Å²) >= 11 is 0. The number of hydrogen-bond donors (Lipinski definition) is 1. The first-order valence-corrected chi connectivity index (χ1v) is 13.7. The maximum Gasteiger partial charge on any atom is 0.408 e. The van der Waals surface area contributed by atoms with Gasteiger partial charge >= 0.3 is 12.1 Å². The first kappa shape index (κ1) is 33.6. The number of benzene rings is 3. The molecule has 3 aromatic rings. The molecule has 0 saturated heterocycles. The van der Waals surface area contributed by atoms with Crippen LogP contribution in [0.5, 0.6) is 17.2 Å². The maximum atomic E-state index is 12.9. The number of alkyl carbamates (subject to hydrolysis) is 1. The zero-order valence-corrected chi connectivity index (χ0v) is 26.0. The highest BCUT2D eigenvalue weighted by atomic mass is 16.6. The van der Waals surface area contributed by atoms with Crippen molar-refractivity contribution >= 4 is 12.1 Å². The number of ether oxygens (including phenoxy) is 6. The summed E-state index contributed by atoms with van der Waals surface area (Å²) in [5.74, 6) is 0.543. The van der Waals surface area contributed by atoms with Crippen LogP contribution in [-0.2, 0) is 25.6 Å². The predicted octanol–water partition coefficient (Wildman–Crippen LogP) is 6.69. The Hall–Kier alpha value is -4.93. The molecule has 12 heteroatoms. The monoisotopic (exact) mass is 606 g/mol. The molecule has 2 atom stereocenters. The van der Waals surface area contributed by atoms with Crippen molar-refractivity contribution in [2.75, 3.05) is 35.0 Å². The number of amides is 1. The second-order valence-electron chi connectivity index (χ2n) is 10.6. The van der Waals surface area contributed by atoms with Crippen LogP contribution >= 0.6 is 0 Å². The normalized spacial score (nSPS) is 12.2. The van der Waals surface area contributed by atoms with Gasteiger partial charge < -0.3 is 33.7 Å². The fourth-order valence-corrected chi connectivity index (χ4v) is 4.47. The van der Waals surface area contributed by atoms with E-state index >= 15 is 0 Å². The van der Waals surface area contributed by atoms with E-state index < -0.39 is 29.7 Å². The molecule has 0 aliphatic rings. The van der Waals surface area contributed by atoms with Crippen molar-refractivity contribution in [2.45, 2.75) is 45.1 Å². The van der Waals surface area contributed by atoms with E-state index in [0.717, 1.165) is 5.56 Å². The molecule has 0 bridgehead atoms. The van der Waals surface area contributed by atoms with Crippen molar-refractivity contribution in [3.05, 3.63) is 87.8 Å². The predicted molar refractivity (Wildman–Crippen MR) is 164 cm³/mol. The summed E-state index contributed by atoms with van der Waals surface area (Å²) in [4.78, 5) is 28.6. The summed E-state index contributed by atoms with van der Waals surface area (Å²) in [5, 5.41) is 6.64. The highest BCUT2D eigenvalue weighted by Gasteiger charge is 2.29. The van der Waals surface area contributed by atoms with Crippen LogP contribution in [0.1, 0.15) is 49.5 Å². The third kappa shape index (κ3) is 8.79. The average molecular weight is 607 g/mol. The third-order valence-corrected chi connectivity index (χ3v) is 6.42. The lowest BCUT2D eigenvalue weighted by atomic mass is 9.91. The summed E-state index contributed by atoms with van der Waals surface area (Å²) in [5.41, 5.74) is 11.6. The van der Waals surface area contributed by atoms with Crippen molar-refractivity contribution < 1.29 is 38.0 Å². The van der Waals surface area contributed by atoms with Crippen LogP contribution in [0.25, 0.3) is 21.6 Å². The molecule has 0 unspecified atom stereocenters. The van der Waals surface area contributed by atoms with Gasteiger partial charge in [-0.15, -0.1) is 0 Å². The first-order chi connectivity index (χ1) is 21.0. The van der Waals surface area contributed by atoms with Crippen LogP contribution in [0.4, 0.5) is 4.79 Å². The molecule has 234 valence electrons. The Bertz CT molecular complexity index is 1480. The molecule has 3 rings (SSSR count). The van der Waals surface area contributed by atoms with E-state index in [9.17, 15) is 15.1 Å². The molecule has 3 aromatic carbocycles.